The van der Waals surface area contributed by atoms with E-state index in [0.29, 0.717) is 0 Å². The van der Waals surface area contributed by atoms with Crippen LogP contribution in [0.25, 0.3) is 0 Å². The van der Waals surface area contributed by atoms with E-state index in [-0.39, 0.29) is 6.61 Å². The molecule has 0 saturated heterocycles. The molecule has 1 N–H and O–H groups in total. The fourth-order valence-corrected chi connectivity index (χ4v) is 0.542. The number of aliphatic hydroxyl groups excluding tert-OH is 1. The number of unbranched alkanes of at least 4 members (excludes halogenated alkanes) is 1. The van der Waals surface area contributed by atoms with Crippen molar-refractivity contribution < 1.29 is 5.11 Å². The van der Waals surface area contributed by atoms with Crippen LogP contribution in [0.1, 0.15) is 19.8 Å². The summed E-state index contributed by atoms with van der Waals surface area (Å²) in [5.74, 6) is 0. The van der Waals surface area contributed by atoms with Gasteiger partial charge in [0.1, 0.15) is 0 Å². The topological polar surface area (TPSA) is 20.2 Å². The minimum absolute atomic E-state index is 0.115. The highest BCUT2D eigenvalue weighted by Crippen LogP contribution is 1.97. The number of aliphatic hydroxyl groups is 1. The molecule has 0 fully saturated rings. The standard InChI is InChI=1S/C8H14O/c1-3-5-6-8(4-2)7-9/h4,6,9H,2-3,5,7H2,1H3/b8-6+. The highest BCUT2D eigenvalue weighted by molar-refractivity contribution is 5.15. The average Bonchev–Trinajstić information content (AvgIpc) is 1.91. The average molecular weight is 126 g/mol. The summed E-state index contributed by atoms with van der Waals surface area (Å²) in [5, 5.41) is 8.61. The zero-order valence-corrected chi connectivity index (χ0v) is 5.93. The molecular weight excluding hydrogens is 112 g/mol. The molecule has 0 unspecified atom stereocenters. The lowest BCUT2D eigenvalue weighted by Crippen LogP contribution is -1.84. The van der Waals surface area contributed by atoms with Gasteiger partial charge in [0.2, 0.25) is 0 Å². The van der Waals surface area contributed by atoms with Crippen molar-refractivity contribution in [3.8, 4) is 0 Å². The summed E-state index contributed by atoms with van der Waals surface area (Å²) in [5.41, 5.74) is 0.928. The number of allylic oxidation sites excluding steroid dienone is 1. The van der Waals surface area contributed by atoms with Crippen LogP contribution in [0.2, 0.25) is 0 Å². The Kier molecular flexibility index (Phi) is 5.23. The van der Waals surface area contributed by atoms with Gasteiger partial charge in [-0.05, 0) is 12.0 Å². The third kappa shape index (κ3) is 3.98. The van der Waals surface area contributed by atoms with E-state index in [1.807, 2.05) is 6.08 Å². The quantitative estimate of drug-likeness (QED) is 0.570. The third-order valence-electron chi connectivity index (χ3n) is 1.14. The Morgan fingerprint density at radius 3 is 2.67 bits per heavy atom. The third-order valence-corrected chi connectivity index (χ3v) is 1.14. The highest BCUT2D eigenvalue weighted by Gasteiger charge is 1.84. The first-order valence-electron chi connectivity index (χ1n) is 3.27. The molecule has 52 valence electrons. The molecule has 0 heterocycles. The van der Waals surface area contributed by atoms with Gasteiger partial charge in [0.15, 0.2) is 0 Å². The largest absolute Gasteiger partial charge is 0.392 e. The molecule has 0 aromatic heterocycles. The molecule has 0 aliphatic rings. The first-order chi connectivity index (χ1) is 4.35. The second-order valence-corrected chi connectivity index (χ2v) is 1.93. The van der Waals surface area contributed by atoms with E-state index in [0.717, 1.165) is 18.4 Å². The summed E-state index contributed by atoms with van der Waals surface area (Å²) in [6, 6.07) is 0. The van der Waals surface area contributed by atoms with E-state index in [1.54, 1.807) is 6.08 Å². The second-order valence-electron chi connectivity index (χ2n) is 1.93. The monoisotopic (exact) mass is 126 g/mol. The predicted octanol–water partition coefficient (Wildman–Crippen LogP) is 1.89. The number of hydrogen-bond donors (Lipinski definition) is 1. The molecule has 0 amide bonds. The summed E-state index contributed by atoms with van der Waals surface area (Å²) in [4.78, 5) is 0. The molecule has 0 spiro atoms. The van der Waals surface area contributed by atoms with Gasteiger partial charge in [0.25, 0.3) is 0 Å². The van der Waals surface area contributed by atoms with Crippen LogP contribution in [0, 0.1) is 0 Å². The van der Waals surface area contributed by atoms with Gasteiger partial charge in [-0.25, -0.2) is 0 Å². The van der Waals surface area contributed by atoms with E-state index in [2.05, 4.69) is 13.5 Å². The lowest BCUT2D eigenvalue weighted by Gasteiger charge is -1.92. The molecule has 9 heavy (non-hydrogen) atoms. The van der Waals surface area contributed by atoms with Crippen molar-refractivity contribution in [2.24, 2.45) is 0 Å². The molecule has 0 bridgehead atoms. The molecule has 0 aliphatic carbocycles. The van der Waals surface area contributed by atoms with Gasteiger partial charge in [-0.1, -0.05) is 32.1 Å². The summed E-state index contributed by atoms with van der Waals surface area (Å²) in [7, 11) is 0. The van der Waals surface area contributed by atoms with Gasteiger partial charge in [-0.3, -0.25) is 0 Å². The molecule has 0 aliphatic heterocycles. The van der Waals surface area contributed by atoms with Crippen LogP contribution in [0.15, 0.2) is 24.3 Å². The molecule has 0 aromatic carbocycles. The minimum Gasteiger partial charge on any atom is -0.392 e. The zero-order chi connectivity index (χ0) is 7.11. The van der Waals surface area contributed by atoms with Gasteiger partial charge in [0, 0.05) is 0 Å². The minimum atomic E-state index is 0.115. The van der Waals surface area contributed by atoms with Gasteiger partial charge in [-0.15, -0.1) is 0 Å². The van der Waals surface area contributed by atoms with E-state index in [9.17, 15) is 0 Å². The van der Waals surface area contributed by atoms with Crippen molar-refractivity contribution >= 4 is 0 Å². The Hall–Kier alpha value is -0.560. The van der Waals surface area contributed by atoms with E-state index >= 15 is 0 Å². The van der Waals surface area contributed by atoms with E-state index in [4.69, 9.17) is 5.11 Å². The Morgan fingerprint density at radius 2 is 2.33 bits per heavy atom. The first-order valence-corrected chi connectivity index (χ1v) is 3.27. The van der Waals surface area contributed by atoms with Crippen LogP contribution < -0.4 is 0 Å². The summed E-state index contributed by atoms with van der Waals surface area (Å²) in [6.45, 7) is 5.78. The van der Waals surface area contributed by atoms with Gasteiger partial charge in [0.05, 0.1) is 6.61 Å². The van der Waals surface area contributed by atoms with Crippen molar-refractivity contribution in [3.63, 3.8) is 0 Å². The Bertz CT molecular complexity index is 103. The fourth-order valence-electron chi connectivity index (χ4n) is 0.542. The normalized spacial score (nSPS) is 11.6. The van der Waals surface area contributed by atoms with Crippen molar-refractivity contribution in [2.75, 3.05) is 6.61 Å². The molecule has 0 aromatic rings. The lowest BCUT2D eigenvalue weighted by molar-refractivity contribution is 0.334. The van der Waals surface area contributed by atoms with Crippen molar-refractivity contribution in [3.05, 3.63) is 24.3 Å². The van der Waals surface area contributed by atoms with Gasteiger partial charge in [-0.2, -0.15) is 0 Å². The van der Waals surface area contributed by atoms with Crippen LogP contribution in [-0.2, 0) is 0 Å². The van der Waals surface area contributed by atoms with Crippen LogP contribution >= 0.6 is 0 Å². The lowest BCUT2D eigenvalue weighted by atomic mass is 10.2. The smallest absolute Gasteiger partial charge is 0.0678 e. The highest BCUT2D eigenvalue weighted by atomic mass is 16.3. The summed E-state index contributed by atoms with van der Waals surface area (Å²) >= 11 is 0. The summed E-state index contributed by atoms with van der Waals surface area (Å²) in [6.07, 6.45) is 5.85. The SMILES string of the molecule is C=C/C(=C\CCC)CO. The predicted molar refractivity (Wildman–Crippen MR) is 40.3 cm³/mol. The van der Waals surface area contributed by atoms with Gasteiger partial charge < -0.3 is 5.11 Å². The maximum atomic E-state index is 8.61. The number of rotatable bonds is 4. The summed E-state index contributed by atoms with van der Waals surface area (Å²) < 4.78 is 0. The maximum absolute atomic E-state index is 8.61. The molecule has 0 atom stereocenters. The van der Waals surface area contributed by atoms with Crippen LogP contribution in [-0.4, -0.2) is 11.7 Å². The second kappa shape index (κ2) is 5.57. The molecule has 1 heteroatoms. The molecule has 0 saturated carbocycles. The molecule has 1 nitrogen and oxygen atoms in total. The fraction of sp³-hybridized carbons (Fsp3) is 0.500. The Balaban J connectivity index is 3.61. The molecule has 0 rings (SSSR count). The van der Waals surface area contributed by atoms with Crippen LogP contribution in [0.3, 0.4) is 0 Å². The molecule has 0 radical (unpaired) electrons. The molecular formula is C8H14O. The van der Waals surface area contributed by atoms with Gasteiger partial charge >= 0.3 is 0 Å². The van der Waals surface area contributed by atoms with E-state index < -0.39 is 0 Å². The zero-order valence-electron chi connectivity index (χ0n) is 5.93. The van der Waals surface area contributed by atoms with Crippen LogP contribution in [0.5, 0.6) is 0 Å². The van der Waals surface area contributed by atoms with E-state index in [1.165, 1.54) is 0 Å². The Labute approximate surface area is 56.7 Å². The van der Waals surface area contributed by atoms with Crippen LogP contribution in [0.4, 0.5) is 0 Å². The van der Waals surface area contributed by atoms with Crippen molar-refractivity contribution in [1.82, 2.24) is 0 Å². The Morgan fingerprint density at radius 1 is 1.67 bits per heavy atom. The maximum Gasteiger partial charge on any atom is 0.0678 e. The number of hydrogen-bond acceptors (Lipinski definition) is 1. The van der Waals surface area contributed by atoms with Crippen molar-refractivity contribution in [2.45, 2.75) is 19.8 Å². The van der Waals surface area contributed by atoms with Crippen molar-refractivity contribution in [1.29, 1.82) is 0 Å². The first kappa shape index (κ1) is 8.44.